The standard InChI is InChI=1S/C13H10N2O2S/c1-15-7-6-14-13(15)18-11-8-12(16)17-10-5-3-2-4-9(10)11/h2-8H,1H3. The van der Waals surface area contributed by atoms with Crippen LogP contribution in [0.15, 0.2) is 62.0 Å². The van der Waals surface area contributed by atoms with E-state index in [1.54, 1.807) is 12.3 Å². The zero-order valence-electron chi connectivity index (χ0n) is 9.66. The van der Waals surface area contributed by atoms with Crippen molar-refractivity contribution in [3.63, 3.8) is 0 Å². The second kappa shape index (κ2) is 4.34. The summed E-state index contributed by atoms with van der Waals surface area (Å²) >= 11 is 1.46. The summed E-state index contributed by atoms with van der Waals surface area (Å²) in [5.74, 6) is 0. The third-order valence-electron chi connectivity index (χ3n) is 2.59. The maximum absolute atomic E-state index is 11.5. The van der Waals surface area contributed by atoms with Crippen molar-refractivity contribution in [2.45, 2.75) is 10.1 Å². The van der Waals surface area contributed by atoms with Crippen LogP contribution in [-0.2, 0) is 7.05 Å². The molecule has 18 heavy (non-hydrogen) atoms. The predicted octanol–water partition coefficient (Wildman–Crippen LogP) is 2.68. The van der Waals surface area contributed by atoms with Gasteiger partial charge in [-0.15, -0.1) is 0 Å². The summed E-state index contributed by atoms with van der Waals surface area (Å²) in [7, 11) is 1.92. The molecule has 90 valence electrons. The molecule has 0 aliphatic rings. The van der Waals surface area contributed by atoms with Crippen molar-refractivity contribution in [2.24, 2.45) is 7.05 Å². The molecule has 4 nitrogen and oxygen atoms in total. The lowest BCUT2D eigenvalue weighted by molar-refractivity contribution is 0.557. The first-order valence-electron chi connectivity index (χ1n) is 5.42. The molecule has 1 aromatic carbocycles. The number of benzene rings is 1. The molecule has 0 N–H and O–H groups in total. The van der Waals surface area contributed by atoms with Crippen LogP contribution in [0.4, 0.5) is 0 Å². The third-order valence-corrected chi connectivity index (χ3v) is 3.72. The molecule has 5 heteroatoms. The number of imidazole rings is 1. The average molecular weight is 258 g/mol. The molecule has 0 unspecified atom stereocenters. The average Bonchev–Trinajstić information content (AvgIpc) is 2.75. The van der Waals surface area contributed by atoms with E-state index in [0.29, 0.717) is 5.58 Å². The van der Waals surface area contributed by atoms with Crippen LogP contribution in [0.3, 0.4) is 0 Å². The highest BCUT2D eigenvalue weighted by Gasteiger charge is 2.09. The highest BCUT2D eigenvalue weighted by molar-refractivity contribution is 7.99. The molecule has 0 bridgehead atoms. The van der Waals surface area contributed by atoms with Gasteiger partial charge in [-0.05, 0) is 6.07 Å². The SMILES string of the molecule is Cn1ccnc1Sc1cc(=O)oc2ccccc12. The smallest absolute Gasteiger partial charge is 0.337 e. The zero-order valence-corrected chi connectivity index (χ0v) is 10.5. The van der Waals surface area contributed by atoms with Crippen molar-refractivity contribution >= 4 is 22.7 Å². The Morgan fingerprint density at radius 3 is 2.94 bits per heavy atom. The van der Waals surface area contributed by atoms with E-state index in [0.717, 1.165) is 15.4 Å². The second-order valence-electron chi connectivity index (χ2n) is 3.85. The van der Waals surface area contributed by atoms with E-state index < -0.39 is 0 Å². The quantitative estimate of drug-likeness (QED) is 0.663. The predicted molar refractivity (Wildman–Crippen MR) is 69.8 cm³/mol. The van der Waals surface area contributed by atoms with Gasteiger partial charge in [-0.1, -0.05) is 30.0 Å². The Bertz CT molecular complexity index is 761. The Kier molecular flexibility index (Phi) is 2.68. The summed E-state index contributed by atoms with van der Waals surface area (Å²) < 4.78 is 7.07. The fourth-order valence-electron chi connectivity index (χ4n) is 1.71. The van der Waals surface area contributed by atoms with Gasteiger partial charge in [-0.2, -0.15) is 0 Å². The molecular weight excluding hydrogens is 248 g/mol. The number of hydrogen-bond donors (Lipinski definition) is 0. The normalized spacial score (nSPS) is 10.9. The van der Waals surface area contributed by atoms with E-state index in [2.05, 4.69) is 4.98 Å². The highest BCUT2D eigenvalue weighted by atomic mass is 32.2. The van der Waals surface area contributed by atoms with E-state index in [9.17, 15) is 4.79 Å². The molecule has 0 fully saturated rings. The van der Waals surface area contributed by atoms with Gasteiger partial charge in [-0.3, -0.25) is 0 Å². The molecule has 0 saturated heterocycles. The number of aromatic nitrogens is 2. The third kappa shape index (κ3) is 1.93. The summed E-state index contributed by atoms with van der Waals surface area (Å²) in [4.78, 5) is 16.6. The summed E-state index contributed by atoms with van der Waals surface area (Å²) in [5, 5.41) is 1.76. The largest absolute Gasteiger partial charge is 0.423 e. The Hall–Kier alpha value is -2.01. The Morgan fingerprint density at radius 2 is 2.17 bits per heavy atom. The molecule has 2 heterocycles. The van der Waals surface area contributed by atoms with Gasteiger partial charge in [0.15, 0.2) is 5.16 Å². The minimum Gasteiger partial charge on any atom is -0.423 e. The fourth-order valence-corrected chi connectivity index (χ4v) is 2.66. The van der Waals surface area contributed by atoms with Gasteiger partial charge in [0.25, 0.3) is 0 Å². The van der Waals surface area contributed by atoms with Crippen molar-refractivity contribution in [1.29, 1.82) is 0 Å². The van der Waals surface area contributed by atoms with Gasteiger partial charge in [0.05, 0.1) is 0 Å². The molecule has 3 rings (SSSR count). The molecule has 0 radical (unpaired) electrons. The van der Waals surface area contributed by atoms with Gasteiger partial charge in [0.1, 0.15) is 5.58 Å². The van der Waals surface area contributed by atoms with E-state index in [-0.39, 0.29) is 5.63 Å². The first-order valence-corrected chi connectivity index (χ1v) is 6.24. The van der Waals surface area contributed by atoms with Gasteiger partial charge in [-0.25, -0.2) is 9.78 Å². The number of hydrogen-bond acceptors (Lipinski definition) is 4. The van der Waals surface area contributed by atoms with E-state index in [4.69, 9.17) is 4.42 Å². The van der Waals surface area contributed by atoms with Crippen LogP contribution in [0.2, 0.25) is 0 Å². The molecule has 2 aromatic heterocycles. The van der Waals surface area contributed by atoms with E-state index in [1.165, 1.54) is 17.8 Å². The molecule has 3 aromatic rings. The monoisotopic (exact) mass is 258 g/mol. The minimum absolute atomic E-state index is 0.342. The maximum atomic E-state index is 11.5. The van der Waals surface area contributed by atoms with Crippen LogP contribution >= 0.6 is 11.8 Å². The van der Waals surface area contributed by atoms with Crippen LogP contribution < -0.4 is 5.63 Å². The van der Waals surface area contributed by atoms with Crippen molar-refractivity contribution in [1.82, 2.24) is 9.55 Å². The van der Waals surface area contributed by atoms with Crippen LogP contribution in [0.1, 0.15) is 0 Å². The van der Waals surface area contributed by atoms with Crippen LogP contribution in [0.5, 0.6) is 0 Å². The Balaban J connectivity index is 2.17. The first kappa shape index (κ1) is 11.1. The first-order chi connectivity index (χ1) is 8.74. The van der Waals surface area contributed by atoms with Crippen LogP contribution in [0.25, 0.3) is 11.0 Å². The molecule has 0 saturated carbocycles. The van der Waals surface area contributed by atoms with Gasteiger partial charge < -0.3 is 8.98 Å². The molecule has 0 aliphatic carbocycles. The minimum atomic E-state index is -0.342. The second-order valence-corrected chi connectivity index (χ2v) is 4.86. The Morgan fingerprint density at radius 1 is 1.33 bits per heavy atom. The van der Waals surface area contributed by atoms with E-state index in [1.807, 2.05) is 36.0 Å². The summed E-state index contributed by atoms with van der Waals surface area (Å²) in [6.45, 7) is 0. The summed E-state index contributed by atoms with van der Waals surface area (Å²) in [5.41, 5.74) is 0.257. The number of rotatable bonds is 2. The van der Waals surface area contributed by atoms with E-state index >= 15 is 0 Å². The van der Waals surface area contributed by atoms with Crippen molar-refractivity contribution in [2.75, 3.05) is 0 Å². The lowest BCUT2D eigenvalue weighted by Crippen LogP contribution is -1.98. The molecule has 0 spiro atoms. The van der Waals surface area contributed by atoms with Crippen LogP contribution in [0, 0.1) is 0 Å². The number of nitrogens with zero attached hydrogens (tertiary/aromatic N) is 2. The number of para-hydroxylation sites is 1. The van der Waals surface area contributed by atoms with Crippen molar-refractivity contribution in [3.05, 3.63) is 53.1 Å². The summed E-state index contributed by atoms with van der Waals surface area (Å²) in [6, 6.07) is 9.00. The van der Waals surface area contributed by atoms with Gasteiger partial charge in [0, 0.05) is 35.8 Å². The summed E-state index contributed by atoms with van der Waals surface area (Å²) in [6.07, 6.45) is 3.60. The van der Waals surface area contributed by atoms with Crippen LogP contribution in [-0.4, -0.2) is 9.55 Å². The number of fused-ring (bicyclic) bond motifs is 1. The fraction of sp³-hybridized carbons (Fsp3) is 0.0769. The lowest BCUT2D eigenvalue weighted by Gasteiger charge is -2.04. The lowest BCUT2D eigenvalue weighted by atomic mass is 10.2. The molecule has 0 atom stereocenters. The van der Waals surface area contributed by atoms with Crippen molar-refractivity contribution in [3.8, 4) is 0 Å². The molecule has 0 aliphatic heterocycles. The zero-order chi connectivity index (χ0) is 12.5. The van der Waals surface area contributed by atoms with Gasteiger partial charge >= 0.3 is 5.63 Å². The maximum Gasteiger partial charge on any atom is 0.337 e. The highest BCUT2D eigenvalue weighted by Crippen LogP contribution is 2.30. The van der Waals surface area contributed by atoms with Crippen molar-refractivity contribution < 1.29 is 4.42 Å². The number of aryl methyl sites for hydroxylation is 1. The topological polar surface area (TPSA) is 48.0 Å². The molecule has 0 amide bonds. The Labute approximate surface area is 107 Å². The molecular formula is C13H10N2O2S. The van der Waals surface area contributed by atoms with Gasteiger partial charge in [0.2, 0.25) is 0 Å².